The second kappa shape index (κ2) is 12.8. The van der Waals surface area contributed by atoms with Crippen LogP contribution in [0.4, 0.5) is 17.1 Å². The van der Waals surface area contributed by atoms with E-state index in [1.54, 1.807) is 6.07 Å². The number of hydrogen-bond acceptors (Lipinski definition) is 6. The Kier molecular flexibility index (Phi) is 8.07. The lowest BCUT2D eigenvalue weighted by atomic mass is 9.97. The van der Waals surface area contributed by atoms with E-state index < -0.39 is 16.7 Å². The van der Waals surface area contributed by atoms with Crippen LogP contribution in [0.2, 0.25) is 0 Å². The van der Waals surface area contributed by atoms with Gasteiger partial charge in [0, 0.05) is 33.7 Å². The lowest BCUT2D eigenvalue weighted by Crippen LogP contribution is -2.18. The van der Waals surface area contributed by atoms with E-state index in [4.69, 9.17) is 9.97 Å². The molecule has 0 saturated carbocycles. The average molecular weight is 644 g/mol. The van der Waals surface area contributed by atoms with Gasteiger partial charge in [0.2, 0.25) is 0 Å². The van der Waals surface area contributed by atoms with Crippen molar-refractivity contribution >= 4 is 50.7 Å². The van der Waals surface area contributed by atoms with E-state index >= 15 is 0 Å². The maximum absolute atomic E-state index is 14.1. The van der Waals surface area contributed by atoms with E-state index in [0.717, 1.165) is 11.1 Å². The van der Waals surface area contributed by atoms with Crippen LogP contribution < -0.4 is 10.6 Å². The van der Waals surface area contributed by atoms with Gasteiger partial charge >= 0.3 is 0 Å². The molecular formula is C40H29N5O4. The molecule has 0 unspecified atom stereocenters. The summed E-state index contributed by atoms with van der Waals surface area (Å²) in [5.74, 6) is -0.953. The van der Waals surface area contributed by atoms with Crippen molar-refractivity contribution in [2.75, 3.05) is 10.6 Å². The van der Waals surface area contributed by atoms with Crippen LogP contribution >= 0.6 is 0 Å². The lowest BCUT2D eigenvalue weighted by Gasteiger charge is -2.16. The maximum Gasteiger partial charge on any atom is 0.292 e. The standard InChI is InChI=1S/C40H29N5O4/c1-24-35(29-17-9-11-19-31(29)42-37(24)26-13-5-3-6-14-26)39(46)41-28-21-22-34(45(48)49)33(23-28)44-40(47)36-25(2)38(27-15-7-4-8-16-27)43-32-20-12-10-18-30(32)36/h3-23H,1-2H3,(H,41,46)(H,44,47). The Bertz CT molecular complexity index is 2430. The number of nitrogens with one attached hydrogen (secondary N) is 2. The van der Waals surface area contributed by atoms with Crippen LogP contribution in [0.5, 0.6) is 0 Å². The fourth-order valence-corrected chi connectivity index (χ4v) is 6.21. The van der Waals surface area contributed by atoms with Crippen molar-refractivity contribution in [3.63, 3.8) is 0 Å². The van der Waals surface area contributed by atoms with Gasteiger partial charge in [-0.3, -0.25) is 19.7 Å². The summed E-state index contributed by atoms with van der Waals surface area (Å²) >= 11 is 0. The summed E-state index contributed by atoms with van der Waals surface area (Å²) in [7, 11) is 0. The van der Waals surface area contributed by atoms with Crippen molar-refractivity contribution in [3.05, 3.63) is 160 Å². The van der Waals surface area contributed by atoms with Gasteiger partial charge in [0.05, 0.1) is 38.5 Å². The van der Waals surface area contributed by atoms with E-state index in [1.807, 2.05) is 117 Å². The Hall–Kier alpha value is -6.74. The largest absolute Gasteiger partial charge is 0.322 e. The van der Waals surface area contributed by atoms with Crippen molar-refractivity contribution < 1.29 is 14.5 Å². The molecule has 2 N–H and O–H groups in total. The van der Waals surface area contributed by atoms with Crippen molar-refractivity contribution in [1.82, 2.24) is 9.97 Å². The van der Waals surface area contributed by atoms with Crippen molar-refractivity contribution in [2.45, 2.75) is 13.8 Å². The highest BCUT2D eigenvalue weighted by molar-refractivity contribution is 6.16. The number of nitro benzene ring substituents is 1. The Morgan fingerprint density at radius 1 is 0.592 bits per heavy atom. The molecule has 5 aromatic carbocycles. The number of carbonyl (C=O) groups excluding carboxylic acids is 2. The molecule has 0 spiro atoms. The molecule has 0 aliphatic carbocycles. The number of nitro groups is 1. The lowest BCUT2D eigenvalue weighted by molar-refractivity contribution is -0.383. The Balaban J connectivity index is 1.27. The number of aromatic nitrogens is 2. The molecule has 7 rings (SSSR count). The Morgan fingerprint density at radius 2 is 1.04 bits per heavy atom. The third kappa shape index (κ3) is 5.85. The van der Waals surface area contributed by atoms with Gasteiger partial charge in [0.15, 0.2) is 0 Å². The van der Waals surface area contributed by atoms with Gasteiger partial charge in [0.25, 0.3) is 17.5 Å². The summed E-state index contributed by atoms with van der Waals surface area (Å²) in [6.45, 7) is 3.66. The van der Waals surface area contributed by atoms with Crippen LogP contribution in [0.25, 0.3) is 44.3 Å². The fourth-order valence-electron chi connectivity index (χ4n) is 6.21. The number of carbonyl (C=O) groups is 2. The van der Waals surface area contributed by atoms with E-state index in [2.05, 4.69) is 10.6 Å². The molecule has 2 amide bonds. The molecule has 0 saturated heterocycles. The van der Waals surface area contributed by atoms with E-state index in [-0.39, 0.29) is 17.1 Å². The number of fused-ring (bicyclic) bond motifs is 2. The number of amides is 2. The van der Waals surface area contributed by atoms with E-state index in [1.165, 1.54) is 18.2 Å². The molecule has 9 nitrogen and oxygen atoms in total. The minimum Gasteiger partial charge on any atom is -0.322 e. The van der Waals surface area contributed by atoms with Gasteiger partial charge in [-0.05, 0) is 49.2 Å². The van der Waals surface area contributed by atoms with Gasteiger partial charge in [-0.1, -0.05) is 97.1 Å². The molecule has 9 heteroatoms. The van der Waals surface area contributed by atoms with Crippen molar-refractivity contribution in [2.24, 2.45) is 0 Å². The topological polar surface area (TPSA) is 127 Å². The second-order valence-corrected chi connectivity index (χ2v) is 11.6. The summed E-state index contributed by atoms with van der Waals surface area (Å²) in [5, 5.41) is 19.1. The van der Waals surface area contributed by atoms with Crippen LogP contribution in [0.15, 0.2) is 127 Å². The average Bonchev–Trinajstić information content (AvgIpc) is 3.11. The maximum atomic E-state index is 14.1. The molecule has 49 heavy (non-hydrogen) atoms. The number of pyridine rings is 2. The first-order valence-electron chi connectivity index (χ1n) is 15.6. The number of rotatable bonds is 7. The van der Waals surface area contributed by atoms with Gasteiger partial charge in [-0.2, -0.15) is 0 Å². The molecular weight excluding hydrogens is 614 g/mol. The third-order valence-corrected chi connectivity index (χ3v) is 8.52. The monoisotopic (exact) mass is 643 g/mol. The zero-order valence-electron chi connectivity index (χ0n) is 26.6. The van der Waals surface area contributed by atoms with Gasteiger partial charge < -0.3 is 10.6 Å². The Labute approximate surface area is 281 Å². The molecule has 0 aliphatic heterocycles. The smallest absolute Gasteiger partial charge is 0.292 e. The highest BCUT2D eigenvalue weighted by atomic mass is 16.6. The second-order valence-electron chi connectivity index (χ2n) is 11.6. The summed E-state index contributed by atoms with van der Waals surface area (Å²) in [4.78, 5) is 49.3. The van der Waals surface area contributed by atoms with Gasteiger partial charge in [0.1, 0.15) is 5.69 Å². The minimum atomic E-state index is -0.569. The highest BCUT2D eigenvalue weighted by Gasteiger charge is 2.24. The molecule has 0 aliphatic rings. The molecule has 2 heterocycles. The first kappa shape index (κ1) is 30.9. The minimum absolute atomic E-state index is 0.0596. The van der Waals surface area contributed by atoms with Crippen molar-refractivity contribution in [1.29, 1.82) is 0 Å². The normalized spacial score (nSPS) is 11.0. The highest BCUT2D eigenvalue weighted by Crippen LogP contribution is 2.34. The molecule has 2 aromatic heterocycles. The number of hydrogen-bond donors (Lipinski definition) is 2. The molecule has 0 bridgehead atoms. The molecule has 0 fully saturated rings. The zero-order valence-corrected chi connectivity index (χ0v) is 26.6. The first-order valence-corrected chi connectivity index (χ1v) is 15.6. The zero-order chi connectivity index (χ0) is 34.1. The van der Waals surface area contributed by atoms with Crippen LogP contribution in [0, 0.1) is 24.0 Å². The van der Waals surface area contributed by atoms with Crippen molar-refractivity contribution in [3.8, 4) is 22.5 Å². The molecule has 0 radical (unpaired) electrons. The summed E-state index contributed by atoms with van der Waals surface area (Å²) in [6.07, 6.45) is 0. The van der Waals surface area contributed by atoms with Crippen LogP contribution in [-0.4, -0.2) is 26.7 Å². The first-order chi connectivity index (χ1) is 23.8. The third-order valence-electron chi connectivity index (χ3n) is 8.52. The van der Waals surface area contributed by atoms with E-state index in [0.29, 0.717) is 55.4 Å². The summed E-state index contributed by atoms with van der Waals surface area (Å²) < 4.78 is 0. The number of anilines is 2. The quantitative estimate of drug-likeness (QED) is 0.132. The summed E-state index contributed by atoms with van der Waals surface area (Å²) in [6, 6.07) is 37.9. The predicted octanol–water partition coefficient (Wildman–Crippen LogP) is 9.15. The molecule has 0 atom stereocenters. The fraction of sp³-hybridized carbons (Fsp3) is 0.0500. The number of nitrogens with zero attached hydrogens (tertiary/aromatic N) is 3. The van der Waals surface area contributed by atoms with Crippen LogP contribution in [0.1, 0.15) is 31.8 Å². The number of benzene rings is 5. The van der Waals surface area contributed by atoms with Gasteiger partial charge in [-0.15, -0.1) is 0 Å². The predicted molar refractivity (Wildman–Crippen MR) is 193 cm³/mol. The van der Waals surface area contributed by atoms with Crippen LogP contribution in [0.3, 0.4) is 0 Å². The summed E-state index contributed by atoms with van der Waals surface area (Å²) in [5.41, 5.74) is 6.28. The number of para-hydroxylation sites is 2. The van der Waals surface area contributed by atoms with Crippen LogP contribution in [-0.2, 0) is 0 Å². The van der Waals surface area contributed by atoms with Gasteiger partial charge in [-0.25, -0.2) is 9.97 Å². The molecule has 7 aromatic rings. The van der Waals surface area contributed by atoms with E-state index in [9.17, 15) is 19.7 Å². The Morgan fingerprint density at radius 3 is 1.53 bits per heavy atom. The molecule has 238 valence electrons. The SMILES string of the molecule is Cc1c(-c2ccccc2)nc2ccccc2c1C(=O)Nc1ccc([N+](=O)[O-])c(NC(=O)c2c(C)c(-c3ccccc3)nc3ccccc23)c1.